The molecule has 22 heavy (non-hydrogen) atoms. The fraction of sp³-hybridized carbons (Fsp3) is 0.500. The third-order valence-electron chi connectivity index (χ3n) is 4.09. The van der Waals surface area contributed by atoms with Gasteiger partial charge in [-0.15, -0.1) is 0 Å². The maximum Gasteiger partial charge on any atom is 0.247 e. The maximum atomic E-state index is 13.4. The average molecular weight is 307 g/mol. The number of hydrogen-bond acceptors (Lipinski definition) is 3. The number of piperidine rings is 1. The van der Waals surface area contributed by atoms with Crippen molar-refractivity contribution in [2.75, 3.05) is 32.5 Å². The van der Waals surface area contributed by atoms with E-state index in [2.05, 4.69) is 5.32 Å². The third-order valence-corrected chi connectivity index (χ3v) is 4.09. The van der Waals surface area contributed by atoms with Crippen molar-refractivity contribution in [3.8, 4) is 0 Å². The maximum absolute atomic E-state index is 13.4. The summed E-state index contributed by atoms with van der Waals surface area (Å²) in [6.07, 6.45) is 1.00. The van der Waals surface area contributed by atoms with Crippen LogP contribution in [0.15, 0.2) is 24.3 Å². The number of likely N-dealkylation sites (N-methyl/N-ethyl adjacent to an activating group) is 1. The number of hydrogen-bond donors (Lipinski definition) is 1. The molecule has 0 unspecified atom stereocenters. The number of anilines is 1. The first-order valence-electron chi connectivity index (χ1n) is 7.35. The molecule has 0 bridgehead atoms. The zero-order chi connectivity index (χ0) is 16.3. The highest BCUT2D eigenvalue weighted by molar-refractivity contribution is 5.89. The van der Waals surface area contributed by atoms with E-state index in [0.29, 0.717) is 31.6 Å². The topological polar surface area (TPSA) is 52.7 Å². The Hall–Kier alpha value is -2.11. The molecule has 1 fully saturated rings. The van der Waals surface area contributed by atoms with E-state index in [1.54, 1.807) is 31.1 Å². The van der Waals surface area contributed by atoms with Gasteiger partial charge in [0.2, 0.25) is 11.8 Å². The lowest BCUT2D eigenvalue weighted by molar-refractivity contribution is -0.138. The second kappa shape index (κ2) is 6.34. The summed E-state index contributed by atoms with van der Waals surface area (Å²) in [6.45, 7) is 2.55. The SMILES string of the molecule is CC(=O)N1CCC(Nc2cccc(F)c2)(C(=O)N(C)C)CC1. The quantitative estimate of drug-likeness (QED) is 0.925. The summed E-state index contributed by atoms with van der Waals surface area (Å²) in [6, 6.07) is 6.09. The molecule has 1 aliphatic rings. The molecule has 0 atom stereocenters. The van der Waals surface area contributed by atoms with Gasteiger partial charge in [0.15, 0.2) is 0 Å². The molecule has 1 N–H and O–H groups in total. The normalized spacial score (nSPS) is 17.0. The lowest BCUT2D eigenvalue weighted by Gasteiger charge is -2.42. The van der Waals surface area contributed by atoms with Gasteiger partial charge >= 0.3 is 0 Å². The van der Waals surface area contributed by atoms with Gasteiger partial charge in [0.05, 0.1) is 0 Å². The Morgan fingerprint density at radius 1 is 1.27 bits per heavy atom. The number of carbonyl (C=O) groups excluding carboxylic acids is 2. The van der Waals surface area contributed by atoms with Gasteiger partial charge in [0.25, 0.3) is 0 Å². The number of amides is 2. The Bertz CT molecular complexity index is 566. The van der Waals surface area contributed by atoms with Crippen LogP contribution >= 0.6 is 0 Å². The van der Waals surface area contributed by atoms with Crippen LogP contribution in [0.4, 0.5) is 10.1 Å². The molecule has 0 spiro atoms. The molecule has 0 aliphatic carbocycles. The number of nitrogens with one attached hydrogen (secondary N) is 1. The molecule has 6 heteroatoms. The first kappa shape index (κ1) is 16.3. The van der Waals surface area contributed by atoms with Crippen molar-refractivity contribution in [2.24, 2.45) is 0 Å². The molecule has 0 aromatic heterocycles. The van der Waals surface area contributed by atoms with E-state index in [9.17, 15) is 14.0 Å². The minimum Gasteiger partial charge on any atom is -0.371 e. The first-order chi connectivity index (χ1) is 10.3. The molecular formula is C16H22FN3O2. The largest absolute Gasteiger partial charge is 0.371 e. The van der Waals surface area contributed by atoms with E-state index < -0.39 is 5.54 Å². The molecule has 1 aromatic carbocycles. The highest BCUT2D eigenvalue weighted by Gasteiger charge is 2.42. The Kier molecular flexibility index (Phi) is 4.68. The van der Waals surface area contributed by atoms with Crippen LogP contribution in [0.3, 0.4) is 0 Å². The predicted octanol–water partition coefficient (Wildman–Crippen LogP) is 1.71. The Morgan fingerprint density at radius 2 is 1.91 bits per heavy atom. The molecule has 1 saturated heterocycles. The smallest absolute Gasteiger partial charge is 0.247 e. The molecule has 2 amide bonds. The first-order valence-corrected chi connectivity index (χ1v) is 7.35. The summed E-state index contributed by atoms with van der Waals surface area (Å²) in [4.78, 5) is 27.4. The van der Waals surface area contributed by atoms with Crippen molar-refractivity contribution in [1.29, 1.82) is 0 Å². The second-order valence-electron chi connectivity index (χ2n) is 5.92. The van der Waals surface area contributed by atoms with Crippen LogP contribution < -0.4 is 5.32 Å². The highest BCUT2D eigenvalue weighted by atomic mass is 19.1. The predicted molar refractivity (Wildman–Crippen MR) is 82.9 cm³/mol. The van der Waals surface area contributed by atoms with Gasteiger partial charge in [-0.25, -0.2) is 4.39 Å². The van der Waals surface area contributed by atoms with Crippen molar-refractivity contribution >= 4 is 17.5 Å². The molecule has 0 radical (unpaired) electrons. The van der Waals surface area contributed by atoms with Crippen LogP contribution in [-0.2, 0) is 9.59 Å². The fourth-order valence-corrected chi connectivity index (χ4v) is 2.87. The van der Waals surface area contributed by atoms with E-state index in [0.717, 1.165) is 0 Å². The molecule has 1 aliphatic heterocycles. The summed E-state index contributed by atoms with van der Waals surface area (Å²) in [7, 11) is 3.41. The Labute approximate surface area is 130 Å². The van der Waals surface area contributed by atoms with Gasteiger partial charge in [-0.2, -0.15) is 0 Å². The number of likely N-dealkylation sites (tertiary alicyclic amines) is 1. The highest BCUT2D eigenvalue weighted by Crippen LogP contribution is 2.29. The van der Waals surface area contributed by atoms with E-state index in [-0.39, 0.29) is 17.6 Å². The Balaban J connectivity index is 2.24. The van der Waals surface area contributed by atoms with E-state index in [1.807, 2.05) is 0 Å². The summed E-state index contributed by atoms with van der Waals surface area (Å²) in [5.74, 6) is -0.393. The monoisotopic (exact) mass is 307 g/mol. The number of halogens is 1. The van der Waals surface area contributed by atoms with E-state index in [1.165, 1.54) is 24.0 Å². The van der Waals surface area contributed by atoms with Crippen LogP contribution in [0, 0.1) is 5.82 Å². The minimum atomic E-state index is -0.802. The fourth-order valence-electron chi connectivity index (χ4n) is 2.87. The van der Waals surface area contributed by atoms with Crippen molar-refractivity contribution in [1.82, 2.24) is 9.80 Å². The summed E-state index contributed by atoms with van der Waals surface area (Å²) in [5, 5.41) is 3.21. The van der Waals surface area contributed by atoms with Gasteiger partial charge in [-0.3, -0.25) is 9.59 Å². The second-order valence-corrected chi connectivity index (χ2v) is 5.92. The van der Waals surface area contributed by atoms with Crippen molar-refractivity contribution in [3.63, 3.8) is 0 Å². The van der Waals surface area contributed by atoms with Crippen LogP contribution in [-0.4, -0.2) is 54.3 Å². The average Bonchev–Trinajstić information content (AvgIpc) is 2.46. The van der Waals surface area contributed by atoms with Gasteiger partial charge in [0, 0.05) is 39.8 Å². The molecule has 1 heterocycles. The molecular weight excluding hydrogens is 285 g/mol. The van der Waals surface area contributed by atoms with Crippen LogP contribution in [0.1, 0.15) is 19.8 Å². The van der Waals surface area contributed by atoms with Crippen LogP contribution in [0.5, 0.6) is 0 Å². The summed E-state index contributed by atoms with van der Waals surface area (Å²) in [5.41, 5.74) is -0.227. The van der Waals surface area contributed by atoms with Gasteiger partial charge < -0.3 is 15.1 Å². The molecule has 5 nitrogen and oxygen atoms in total. The lowest BCUT2D eigenvalue weighted by Crippen LogP contribution is -2.58. The van der Waals surface area contributed by atoms with Crippen molar-refractivity contribution in [3.05, 3.63) is 30.1 Å². The number of rotatable bonds is 3. The lowest BCUT2D eigenvalue weighted by atomic mass is 9.85. The van der Waals surface area contributed by atoms with Crippen LogP contribution in [0.25, 0.3) is 0 Å². The molecule has 120 valence electrons. The molecule has 0 saturated carbocycles. The van der Waals surface area contributed by atoms with Gasteiger partial charge in [-0.05, 0) is 31.0 Å². The van der Waals surface area contributed by atoms with Crippen LogP contribution in [0.2, 0.25) is 0 Å². The standard InChI is InChI=1S/C16H22FN3O2/c1-12(21)20-9-7-16(8-10-20,15(22)19(2)3)18-14-6-4-5-13(17)11-14/h4-6,11,18H,7-10H2,1-3H3. The van der Waals surface area contributed by atoms with E-state index in [4.69, 9.17) is 0 Å². The number of nitrogens with zero attached hydrogens (tertiary/aromatic N) is 2. The Morgan fingerprint density at radius 3 is 2.41 bits per heavy atom. The summed E-state index contributed by atoms with van der Waals surface area (Å²) >= 11 is 0. The third kappa shape index (κ3) is 3.37. The number of carbonyl (C=O) groups is 2. The minimum absolute atomic E-state index is 0.0108. The van der Waals surface area contributed by atoms with Gasteiger partial charge in [-0.1, -0.05) is 6.07 Å². The van der Waals surface area contributed by atoms with Crippen molar-refractivity contribution in [2.45, 2.75) is 25.3 Å². The van der Waals surface area contributed by atoms with E-state index >= 15 is 0 Å². The van der Waals surface area contributed by atoms with Gasteiger partial charge in [0.1, 0.15) is 11.4 Å². The summed E-state index contributed by atoms with van der Waals surface area (Å²) < 4.78 is 13.4. The van der Waals surface area contributed by atoms with Crippen molar-refractivity contribution < 1.29 is 14.0 Å². The molecule has 2 rings (SSSR count). The number of benzene rings is 1. The molecule has 1 aromatic rings. The zero-order valence-electron chi connectivity index (χ0n) is 13.2. The zero-order valence-corrected chi connectivity index (χ0v) is 13.2.